The summed E-state index contributed by atoms with van der Waals surface area (Å²) in [6.45, 7) is 0.875. The van der Waals surface area contributed by atoms with Gasteiger partial charge in [-0.05, 0) is 31.3 Å². The van der Waals surface area contributed by atoms with Crippen LogP contribution in [0.25, 0.3) is 33.5 Å². The smallest absolute Gasteiger partial charge is 0.261 e. The fraction of sp³-hybridized carbons (Fsp3) is 0.143. The van der Waals surface area contributed by atoms with E-state index in [1.165, 1.54) is 5.56 Å². The predicted octanol–water partition coefficient (Wildman–Crippen LogP) is 3.91. The van der Waals surface area contributed by atoms with Crippen LogP contribution in [0.2, 0.25) is 0 Å². The molecule has 0 saturated heterocycles. The summed E-state index contributed by atoms with van der Waals surface area (Å²) < 4.78 is 5.46. The molecule has 0 radical (unpaired) electrons. The molecule has 0 unspecified atom stereocenters. The lowest BCUT2D eigenvalue weighted by Crippen LogP contribution is -2.10. The van der Waals surface area contributed by atoms with Gasteiger partial charge < -0.3 is 14.4 Å². The number of rotatable bonds is 4. The van der Waals surface area contributed by atoms with E-state index in [-0.39, 0.29) is 5.56 Å². The van der Waals surface area contributed by atoms with Gasteiger partial charge >= 0.3 is 0 Å². The first kappa shape index (κ1) is 16.3. The van der Waals surface area contributed by atoms with Crippen molar-refractivity contribution >= 4 is 10.9 Å². The van der Waals surface area contributed by atoms with Crippen molar-refractivity contribution in [1.29, 1.82) is 0 Å². The highest BCUT2D eigenvalue weighted by Crippen LogP contribution is 2.28. The van der Waals surface area contributed by atoms with Gasteiger partial charge in [-0.15, -0.1) is 0 Å². The normalized spacial score (nSPS) is 11.3. The number of nitrogens with zero attached hydrogens (tertiary/aromatic N) is 2. The number of aromatic nitrogens is 2. The van der Waals surface area contributed by atoms with Crippen LogP contribution in [0.3, 0.4) is 0 Å². The lowest BCUT2D eigenvalue weighted by Gasteiger charge is -2.10. The van der Waals surface area contributed by atoms with Gasteiger partial charge in [-0.2, -0.15) is 0 Å². The van der Waals surface area contributed by atoms with E-state index in [0.29, 0.717) is 16.7 Å². The zero-order valence-corrected chi connectivity index (χ0v) is 14.7. The SMILES string of the molecule is CN(C)Cc1ccc(-c2cc3noc(-c4ccccc4)c3c(=O)[nH]2)cc1. The number of aromatic amines is 1. The molecule has 2 aromatic carbocycles. The Morgan fingerprint density at radius 1 is 1.00 bits per heavy atom. The predicted molar refractivity (Wildman–Crippen MR) is 103 cm³/mol. The molecular formula is C21H19N3O2. The Balaban J connectivity index is 1.76. The molecule has 0 fully saturated rings. The summed E-state index contributed by atoms with van der Waals surface area (Å²) in [4.78, 5) is 17.7. The Morgan fingerprint density at radius 3 is 2.42 bits per heavy atom. The molecule has 26 heavy (non-hydrogen) atoms. The van der Waals surface area contributed by atoms with E-state index in [0.717, 1.165) is 23.4 Å². The highest BCUT2D eigenvalue weighted by atomic mass is 16.5. The van der Waals surface area contributed by atoms with Crippen molar-refractivity contribution in [1.82, 2.24) is 15.0 Å². The molecule has 0 aliphatic carbocycles. The standard InChI is InChI=1S/C21H19N3O2/c1-24(2)13-14-8-10-15(11-9-14)17-12-18-19(21(25)22-17)20(26-23-18)16-6-4-3-5-7-16/h3-12H,13H2,1-2H3,(H,22,25). The zero-order valence-electron chi connectivity index (χ0n) is 14.7. The monoisotopic (exact) mass is 345 g/mol. The van der Waals surface area contributed by atoms with Crippen molar-refractivity contribution in [3.05, 3.63) is 76.6 Å². The molecule has 0 amide bonds. The molecule has 2 heterocycles. The van der Waals surface area contributed by atoms with Crippen LogP contribution < -0.4 is 5.56 Å². The molecule has 0 aliphatic rings. The Kier molecular flexibility index (Phi) is 4.14. The van der Waals surface area contributed by atoms with Gasteiger partial charge in [-0.1, -0.05) is 59.8 Å². The summed E-state index contributed by atoms with van der Waals surface area (Å²) >= 11 is 0. The quantitative estimate of drug-likeness (QED) is 0.609. The van der Waals surface area contributed by atoms with E-state index < -0.39 is 0 Å². The third-order valence-electron chi connectivity index (χ3n) is 4.27. The summed E-state index contributed by atoms with van der Waals surface area (Å²) in [7, 11) is 4.07. The van der Waals surface area contributed by atoms with Crippen LogP contribution >= 0.6 is 0 Å². The Morgan fingerprint density at radius 2 is 1.73 bits per heavy atom. The summed E-state index contributed by atoms with van der Waals surface area (Å²) in [5.41, 5.74) is 4.08. The second-order valence-corrected chi connectivity index (χ2v) is 6.58. The van der Waals surface area contributed by atoms with Crippen LogP contribution in [0.1, 0.15) is 5.56 Å². The van der Waals surface area contributed by atoms with Crippen LogP contribution in [0.15, 0.2) is 70.0 Å². The largest absolute Gasteiger partial charge is 0.355 e. The van der Waals surface area contributed by atoms with Crippen molar-refractivity contribution in [2.45, 2.75) is 6.54 Å². The van der Waals surface area contributed by atoms with Crippen molar-refractivity contribution in [2.75, 3.05) is 14.1 Å². The van der Waals surface area contributed by atoms with Crippen molar-refractivity contribution in [3.63, 3.8) is 0 Å². The number of hydrogen-bond donors (Lipinski definition) is 1. The topological polar surface area (TPSA) is 62.1 Å². The molecule has 0 spiro atoms. The van der Waals surface area contributed by atoms with Crippen LogP contribution in [0, 0.1) is 0 Å². The molecule has 4 rings (SSSR count). The number of nitrogens with one attached hydrogen (secondary N) is 1. The molecule has 1 N–H and O–H groups in total. The molecule has 5 heteroatoms. The average Bonchev–Trinajstić information content (AvgIpc) is 3.07. The van der Waals surface area contributed by atoms with Gasteiger partial charge in [0.1, 0.15) is 10.9 Å². The van der Waals surface area contributed by atoms with E-state index in [1.807, 2.05) is 62.6 Å². The van der Waals surface area contributed by atoms with Gasteiger partial charge in [0, 0.05) is 12.1 Å². The minimum atomic E-state index is -0.199. The van der Waals surface area contributed by atoms with Crippen LogP contribution in [0.4, 0.5) is 0 Å². The second-order valence-electron chi connectivity index (χ2n) is 6.58. The Hall–Kier alpha value is -3.18. The van der Waals surface area contributed by atoms with E-state index >= 15 is 0 Å². The third-order valence-corrected chi connectivity index (χ3v) is 4.27. The molecule has 2 aromatic heterocycles. The van der Waals surface area contributed by atoms with Crippen LogP contribution in [-0.2, 0) is 6.54 Å². The Bertz CT molecular complexity index is 1090. The summed E-state index contributed by atoms with van der Waals surface area (Å²) in [6, 6.07) is 19.5. The summed E-state index contributed by atoms with van der Waals surface area (Å²) in [5.74, 6) is 0.495. The third kappa shape index (κ3) is 3.05. The molecule has 4 aromatic rings. The maximum absolute atomic E-state index is 12.7. The first-order valence-corrected chi connectivity index (χ1v) is 8.44. The molecule has 0 aliphatic heterocycles. The fourth-order valence-electron chi connectivity index (χ4n) is 3.07. The van der Waals surface area contributed by atoms with Crippen molar-refractivity contribution < 1.29 is 4.52 Å². The van der Waals surface area contributed by atoms with Gasteiger partial charge in [0.05, 0.1) is 5.69 Å². The van der Waals surface area contributed by atoms with Gasteiger partial charge in [-0.25, -0.2) is 0 Å². The van der Waals surface area contributed by atoms with Gasteiger partial charge in [0.2, 0.25) is 0 Å². The van der Waals surface area contributed by atoms with Crippen molar-refractivity contribution in [2.24, 2.45) is 0 Å². The molecule has 0 saturated carbocycles. The Labute approximate surface area is 150 Å². The fourth-order valence-corrected chi connectivity index (χ4v) is 3.07. The van der Waals surface area contributed by atoms with Gasteiger partial charge in [0.15, 0.2) is 5.76 Å². The highest BCUT2D eigenvalue weighted by Gasteiger charge is 2.15. The maximum atomic E-state index is 12.7. The van der Waals surface area contributed by atoms with Crippen LogP contribution in [0.5, 0.6) is 0 Å². The number of pyridine rings is 1. The van der Waals surface area contributed by atoms with E-state index in [1.54, 1.807) is 0 Å². The molecular weight excluding hydrogens is 326 g/mol. The number of benzene rings is 2. The maximum Gasteiger partial charge on any atom is 0.261 e. The summed E-state index contributed by atoms with van der Waals surface area (Å²) in [5, 5.41) is 4.57. The van der Waals surface area contributed by atoms with Crippen LogP contribution in [-0.4, -0.2) is 29.1 Å². The summed E-state index contributed by atoms with van der Waals surface area (Å²) in [6.07, 6.45) is 0. The number of fused-ring (bicyclic) bond motifs is 1. The lowest BCUT2D eigenvalue weighted by atomic mass is 10.1. The van der Waals surface area contributed by atoms with E-state index in [2.05, 4.69) is 27.2 Å². The lowest BCUT2D eigenvalue weighted by molar-refractivity contribution is 0.402. The highest BCUT2D eigenvalue weighted by molar-refractivity contribution is 5.92. The minimum Gasteiger partial charge on any atom is -0.355 e. The van der Waals surface area contributed by atoms with Crippen molar-refractivity contribution in [3.8, 4) is 22.6 Å². The van der Waals surface area contributed by atoms with Gasteiger partial charge in [-0.3, -0.25) is 4.79 Å². The molecule has 0 bridgehead atoms. The second kappa shape index (κ2) is 6.61. The van der Waals surface area contributed by atoms with E-state index in [9.17, 15) is 4.79 Å². The van der Waals surface area contributed by atoms with E-state index in [4.69, 9.17) is 4.52 Å². The first-order chi connectivity index (χ1) is 12.6. The number of hydrogen-bond acceptors (Lipinski definition) is 4. The van der Waals surface area contributed by atoms with Gasteiger partial charge in [0.25, 0.3) is 5.56 Å². The average molecular weight is 345 g/mol. The number of H-pyrrole nitrogens is 1. The zero-order chi connectivity index (χ0) is 18.1. The molecule has 0 atom stereocenters. The molecule has 130 valence electrons. The minimum absolute atomic E-state index is 0.199. The molecule has 5 nitrogen and oxygen atoms in total. The first-order valence-electron chi connectivity index (χ1n) is 8.44.